The van der Waals surface area contributed by atoms with Gasteiger partial charge in [0.25, 0.3) is 5.69 Å². The summed E-state index contributed by atoms with van der Waals surface area (Å²) in [5.74, 6) is 0.479. The van der Waals surface area contributed by atoms with Crippen LogP contribution in [0, 0.1) is 21.4 Å². The Balaban J connectivity index is 1.95. The number of benzene rings is 1. The average Bonchev–Trinajstić information content (AvgIpc) is 3.36. The second-order valence-electron chi connectivity index (χ2n) is 9.22. The molecule has 0 radical (unpaired) electrons. The number of hydrogen-bond donors (Lipinski definition) is 2. The summed E-state index contributed by atoms with van der Waals surface area (Å²) in [6.07, 6.45) is 2.84. The highest BCUT2D eigenvalue weighted by Gasteiger charge is 2.39. The highest BCUT2D eigenvalue weighted by Crippen LogP contribution is 2.38. The fourth-order valence-electron chi connectivity index (χ4n) is 3.23. The van der Waals surface area contributed by atoms with Crippen LogP contribution in [-0.2, 0) is 15.7 Å². The van der Waals surface area contributed by atoms with Crippen LogP contribution in [0.2, 0.25) is 0 Å². The molecule has 0 aromatic heterocycles. The Morgan fingerprint density at radius 3 is 2.48 bits per heavy atom. The topological polar surface area (TPSA) is 93.9 Å². The smallest absolute Gasteiger partial charge is 0.407 e. The van der Waals surface area contributed by atoms with Crippen molar-refractivity contribution in [3.63, 3.8) is 0 Å². The summed E-state index contributed by atoms with van der Waals surface area (Å²) in [7, 11) is -0.575. The van der Waals surface area contributed by atoms with Crippen LogP contribution in [0.3, 0.4) is 0 Å². The van der Waals surface area contributed by atoms with Gasteiger partial charge >= 0.3 is 7.12 Å². The number of aliphatic hydroxyl groups is 1. The van der Waals surface area contributed by atoms with Gasteiger partial charge in [-0.1, -0.05) is 19.9 Å². The van der Waals surface area contributed by atoms with E-state index >= 15 is 0 Å². The minimum absolute atomic E-state index is 0.0622. The molecule has 0 atom stereocenters. The molecule has 3 rings (SSSR count). The van der Waals surface area contributed by atoms with E-state index in [1.54, 1.807) is 19.9 Å². The molecular weight excluding hydrogens is 347 g/mol. The van der Waals surface area contributed by atoms with Crippen molar-refractivity contribution in [2.45, 2.75) is 52.6 Å². The van der Waals surface area contributed by atoms with E-state index < -0.39 is 12.7 Å². The van der Waals surface area contributed by atoms with Crippen molar-refractivity contribution in [1.29, 1.82) is 0 Å². The van der Waals surface area contributed by atoms with Crippen LogP contribution in [-0.4, -0.2) is 42.5 Å². The van der Waals surface area contributed by atoms with E-state index in [-0.39, 0.29) is 22.6 Å². The third kappa shape index (κ3) is 5.21. The molecule has 2 N–H and O–H groups in total. The normalized spacial score (nSPS) is 19.8. The molecule has 148 valence electrons. The zero-order valence-corrected chi connectivity index (χ0v) is 16.6. The monoisotopic (exact) mass is 376 g/mol. The van der Waals surface area contributed by atoms with Gasteiger partial charge in [0, 0.05) is 30.7 Å². The van der Waals surface area contributed by atoms with Crippen LogP contribution in [0.15, 0.2) is 12.1 Å². The molecule has 0 amide bonds. The highest BCUT2D eigenvalue weighted by atomic mass is 16.6. The second-order valence-corrected chi connectivity index (χ2v) is 9.22. The maximum absolute atomic E-state index is 11.9. The van der Waals surface area contributed by atoms with Crippen LogP contribution in [0.1, 0.15) is 46.1 Å². The predicted octanol–water partition coefficient (Wildman–Crippen LogP) is 2.50. The van der Waals surface area contributed by atoms with E-state index in [2.05, 4.69) is 19.2 Å². The molecule has 0 spiro atoms. The molecule has 8 heteroatoms. The number of nitro benzene ring substituents is 1. The lowest BCUT2D eigenvalue weighted by Crippen LogP contribution is -2.48. The van der Waals surface area contributed by atoms with Crippen LogP contribution in [0.5, 0.6) is 0 Å². The molecule has 1 aliphatic carbocycles. The third-order valence-electron chi connectivity index (χ3n) is 4.91. The first-order valence-electron chi connectivity index (χ1n) is 9.55. The van der Waals surface area contributed by atoms with Crippen molar-refractivity contribution in [3.8, 4) is 0 Å². The van der Waals surface area contributed by atoms with Gasteiger partial charge < -0.3 is 19.7 Å². The summed E-state index contributed by atoms with van der Waals surface area (Å²) in [5.41, 5.74) is 0.904. The first-order valence-corrected chi connectivity index (χ1v) is 9.55. The van der Waals surface area contributed by atoms with Crippen LogP contribution in [0.25, 0.3) is 0 Å². The van der Waals surface area contributed by atoms with Crippen LogP contribution in [0.4, 0.5) is 11.4 Å². The third-order valence-corrected chi connectivity index (χ3v) is 4.91. The lowest BCUT2D eigenvalue weighted by molar-refractivity contribution is -0.384. The van der Waals surface area contributed by atoms with Crippen LogP contribution >= 0.6 is 0 Å². The fourth-order valence-corrected chi connectivity index (χ4v) is 3.23. The van der Waals surface area contributed by atoms with E-state index in [1.807, 2.05) is 6.07 Å². The highest BCUT2D eigenvalue weighted by molar-refractivity contribution is 6.62. The Labute approximate surface area is 160 Å². The van der Waals surface area contributed by atoms with Gasteiger partial charge in [-0.25, -0.2) is 0 Å². The quantitative estimate of drug-likeness (QED) is 0.432. The van der Waals surface area contributed by atoms with E-state index in [0.717, 1.165) is 18.3 Å². The molecule has 27 heavy (non-hydrogen) atoms. The van der Waals surface area contributed by atoms with Crippen molar-refractivity contribution in [2.75, 3.05) is 25.1 Å². The first kappa shape index (κ1) is 20.1. The summed E-state index contributed by atoms with van der Waals surface area (Å²) in [6.45, 7) is 8.79. The molecular formula is C19H29BN2O5. The Morgan fingerprint density at radius 2 is 1.96 bits per heavy atom. The standard InChI is InChI=1S/C19H29BN2O5/c1-18(2)11-26-20(27-12-18)15-7-8-16(21-10-19(3,4)23)17(22(24)25)14(15)9-13-5-6-13/h7-8,13,21,23H,5-6,9-12H2,1-4H3. The van der Waals surface area contributed by atoms with Gasteiger partial charge in [-0.2, -0.15) is 0 Å². The SMILES string of the molecule is CC(C)(O)CNc1ccc(B2OCC(C)(C)CO2)c(CC2CC2)c1[N+](=O)[O-]. The van der Waals surface area contributed by atoms with Gasteiger partial charge in [-0.3, -0.25) is 10.1 Å². The van der Waals surface area contributed by atoms with Gasteiger partial charge in [-0.15, -0.1) is 0 Å². The maximum atomic E-state index is 11.9. The second kappa shape index (κ2) is 7.41. The molecule has 2 fully saturated rings. The molecule has 1 saturated carbocycles. The Morgan fingerprint density at radius 1 is 1.33 bits per heavy atom. The molecule has 0 bridgehead atoms. The average molecular weight is 376 g/mol. The van der Waals surface area contributed by atoms with E-state index in [9.17, 15) is 15.2 Å². The summed E-state index contributed by atoms with van der Waals surface area (Å²) >= 11 is 0. The lowest BCUT2D eigenvalue weighted by Gasteiger charge is -2.33. The summed E-state index contributed by atoms with van der Waals surface area (Å²) in [5, 5.41) is 24.9. The molecule has 1 aromatic carbocycles. The Hall–Kier alpha value is -1.64. The lowest BCUT2D eigenvalue weighted by atomic mass is 9.72. The van der Waals surface area contributed by atoms with Crippen molar-refractivity contribution in [2.24, 2.45) is 11.3 Å². The summed E-state index contributed by atoms with van der Waals surface area (Å²) in [4.78, 5) is 11.6. The molecule has 7 nitrogen and oxygen atoms in total. The number of nitro groups is 1. The number of nitrogens with one attached hydrogen (secondary N) is 1. The molecule has 1 saturated heterocycles. The zero-order chi connectivity index (χ0) is 19.8. The first-order chi connectivity index (χ1) is 12.6. The van der Waals surface area contributed by atoms with E-state index in [1.165, 1.54) is 0 Å². The largest absolute Gasteiger partial charge is 0.494 e. The Kier molecular flexibility index (Phi) is 5.52. The number of nitrogens with zero attached hydrogens (tertiary/aromatic N) is 1. The Bertz CT molecular complexity index is 703. The maximum Gasteiger partial charge on any atom is 0.494 e. The molecule has 0 unspecified atom stereocenters. The minimum atomic E-state index is -0.968. The van der Waals surface area contributed by atoms with Gasteiger partial charge in [0.1, 0.15) is 5.69 Å². The minimum Gasteiger partial charge on any atom is -0.407 e. The van der Waals surface area contributed by atoms with Gasteiger partial charge in [0.05, 0.1) is 10.5 Å². The van der Waals surface area contributed by atoms with Gasteiger partial charge in [0.2, 0.25) is 0 Å². The van der Waals surface area contributed by atoms with Crippen molar-refractivity contribution in [3.05, 3.63) is 27.8 Å². The number of anilines is 1. The van der Waals surface area contributed by atoms with Crippen molar-refractivity contribution < 1.29 is 19.3 Å². The fraction of sp³-hybridized carbons (Fsp3) is 0.684. The van der Waals surface area contributed by atoms with Gasteiger partial charge in [0.15, 0.2) is 0 Å². The van der Waals surface area contributed by atoms with Crippen LogP contribution < -0.4 is 10.8 Å². The van der Waals surface area contributed by atoms with Gasteiger partial charge in [-0.05, 0) is 50.6 Å². The summed E-state index contributed by atoms with van der Waals surface area (Å²) < 4.78 is 11.8. The molecule has 2 aliphatic rings. The number of rotatable bonds is 7. The molecule has 1 heterocycles. The van der Waals surface area contributed by atoms with Crippen molar-refractivity contribution >= 4 is 24.0 Å². The number of hydrogen-bond acceptors (Lipinski definition) is 6. The predicted molar refractivity (Wildman–Crippen MR) is 105 cm³/mol. The molecule has 1 aliphatic heterocycles. The van der Waals surface area contributed by atoms with E-state index in [4.69, 9.17) is 9.31 Å². The van der Waals surface area contributed by atoms with Crippen molar-refractivity contribution in [1.82, 2.24) is 0 Å². The van der Waals surface area contributed by atoms with E-state index in [0.29, 0.717) is 36.8 Å². The summed E-state index contributed by atoms with van der Waals surface area (Å²) in [6, 6.07) is 3.56. The zero-order valence-electron chi connectivity index (χ0n) is 16.6. The molecule has 1 aromatic rings.